The molecule has 1 N–H and O–H groups in total. The molecular weight excluding hydrogens is 336 g/mol. The van der Waals surface area contributed by atoms with Gasteiger partial charge < -0.3 is 5.32 Å². The minimum atomic E-state index is -0.293. The zero-order chi connectivity index (χ0) is 18.2. The van der Waals surface area contributed by atoms with Crippen molar-refractivity contribution in [2.45, 2.75) is 44.8 Å². The number of aromatic nitrogens is 3. The number of fused-ring (bicyclic) bond motifs is 1. The molecule has 2 aromatic rings. The molecule has 0 saturated heterocycles. The molecule has 1 aliphatic heterocycles. The Balaban J connectivity index is 1.81. The van der Waals surface area contributed by atoms with Crippen molar-refractivity contribution in [3.63, 3.8) is 0 Å². The van der Waals surface area contributed by atoms with Crippen molar-refractivity contribution in [1.82, 2.24) is 14.5 Å². The third-order valence-electron chi connectivity index (χ3n) is 4.18. The number of aryl methyl sites for hydroxylation is 1. The molecule has 1 atom stereocenters. The molecule has 3 heterocycles. The van der Waals surface area contributed by atoms with Gasteiger partial charge in [-0.2, -0.15) is 0 Å². The Labute approximate surface area is 151 Å². The largest absolute Gasteiger partial charge is 0.310 e. The summed E-state index contributed by atoms with van der Waals surface area (Å²) in [5.41, 5.74) is 1.41. The molecule has 0 aliphatic carbocycles. The quantitative estimate of drug-likeness (QED) is 0.835. The molecule has 0 fully saturated rings. The first kappa shape index (κ1) is 17.7. The smallest absolute Gasteiger partial charge is 0.254 e. The van der Waals surface area contributed by atoms with E-state index in [1.165, 1.54) is 11.8 Å². The number of hydrogen-bond acceptors (Lipinski definition) is 5. The molecular formula is C18H22N4O2S. The zero-order valence-electron chi connectivity index (χ0n) is 14.9. The lowest BCUT2D eigenvalue weighted by molar-refractivity contribution is -0.119. The van der Waals surface area contributed by atoms with E-state index in [2.05, 4.69) is 15.3 Å². The summed E-state index contributed by atoms with van der Waals surface area (Å²) >= 11 is 1.45. The summed E-state index contributed by atoms with van der Waals surface area (Å²) in [7, 11) is 0. The molecule has 7 heteroatoms. The normalized spacial score (nSPS) is 17.0. The SMILES string of the molecule is Cc1cccnc1NC(=O)C1CSc2nc(C(C)(C)C)cc(=O)n2C1. The number of nitrogens with zero attached hydrogens (tertiary/aromatic N) is 3. The average Bonchev–Trinajstić information content (AvgIpc) is 2.55. The Morgan fingerprint density at radius 1 is 1.40 bits per heavy atom. The fourth-order valence-corrected chi connectivity index (χ4v) is 3.68. The van der Waals surface area contributed by atoms with Crippen LogP contribution in [0.2, 0.25) is 0 Å². The van der Waals surface area contributed by atoms with Crippen LogP contribution < -0.4 is 10.9 Å². The number of nitrogens with one attached hydrogen (secondary N) is 1. The lowest BCUT2D eigenvalue weighted by atomic mass is 9.92. The monoisotopic (exact) mass is 358 g/mol. The van der Waals surface area contributed by atoms with Crippen LogP contribution >= 0.6 is 11.8 Å². The van der Waals surface area contributed by atoms with Crippen LogP contribution in [0.15, 0.2) is 34.3 Å². The topological polar surface area (TPSA) is 76.9 Å². The number of rotatable bonds is 2. The van der Waals surface area contributed by atoms with Crippen molar-refractivity contribution in [1.29, 1.82) is 0 Å². The first-order chi connectivity index (χ1) is 11.8. The van der Waals surface area contributed by atoms with Crippen molar-refractivity contribution in [2.24, 2.45) is 5.92 Å². The molecule has 1 aliphatic rings. The van der Waals surface area contributed by atoms with Gasteiger partial charge in [0.1, 0.15) is 5.82 Å². The van der Waals surface area contributed by atoms with Gasteiger partial charge in [-0.25, -0.2) is 9.97 Å². The molecule has 0 radical (unpaired) electrons. The summed E-state index contributed by atoms with van der Waals surface area (Å²) in [5.74, 6) is 0.750. The highest BCUT2D eigenvalue weighted by Crippen LogP contribution is 2.28. The molecule has 3 rings (SSSR count). The minimum absolute atomic E-state index is 0.103. The average molecular weight is 358 g/mol. The molecule has 1 unspecified atom stereocenters. The van der Waals surface area contributed by atoms with Crippen LogP contribution in [0, 0.1) is 12.8 Å². The van der Waals surface area contributed by atoms with E-state index in [0.29, 0.717) is 23.3 Å². The van der Waals surface area contributed by atoms with Crippen molar-refractivity contribution in [2.75, 3.05) is 11.1 Å². The number of amides is 1. The highest BCUT2D eigenvalue weighted by Gasteiger charge is 2.29. The summed E-state index contributed by atoms with van der Waals surface area (Å²) in [6.45, 7) is 8.34. The van der Waals surface area contributed by atoms with Crippen molar-refractivity contribution < 1.29 is 4.79 Å². The van der Waals surface area contributed by atoms with Gasteiger partial charge in [-0.15, -0.1) is 0 Å². The van der Waals surface area contributed by atoms with Gasteiger partial charge in [0.25, 0.3) is 5.56 Å². The van der Waals surface area contributed by atoms with Crippen LogP contribution in [0.4, 0.5) is 5.82 Å². The second-order valence-electron chi connectivity index (χ2n) is 7.29. The Bertz CT molecular complexity index is 870. The highest BCUT2D eigenvalue weighted by atomic mass is 32.2. The summed E-state index contributed by atoms with van der Waals surface area (Å²) in [4.78, 5) is 33.9. The van der Waals surface area contributed by atoms with Gasteiger partial charge in [-0.3, -0.25) is 14.2 Å². The van der Waals surface area contributed by atoms with E-state index < -0.39 is 0 Å². The van der Waals surface area contributed by atoms with E-state index >= 15 is 0 Å². The van der Waals surface area contributed by atoms with Gasteiger partial charge in [0.2, 0.25) is 5.91 Å². The summed E-state index contributed by atoms with van der Waals surface area (Å²) < 4.78 is 1.60. The van der Waals surface area contributed by atoms with Crippen LogP contribution in [-0.4, -0.2) is 26.2 Å². The van der Waals surface area contributed by atoms with Gasteiger partial charge in [0.15, 0.2) is 5.16 Å². The number of carbonyl (C=O) groups excluding carboxylic acids is 1. The van der Waals surface area contributed by atoms with E-state index in [1.54, 1.807) is 16.8 Å². The molecule has 25 heavy (non-hydrogen) atoms. The lowest BCUT2D eigenvalue weighted by Crippen LogP contribution is -2.38. The molecule has 0 bridgehead atoms. The second kappa shape index (κ2) is 6.63. The Morgan fingerprint density at radius 3 is 2.84 bits per heavy atom. The molecule has 0 spiro atoms. The van der Waals surface area contributed by atoms with Gasteiger partial charge in [0, 0.05) is 30.0 Å². The Morgan fingerprint density at radius 2 is 2.16 bits per heavy atom. The number of thioether (sulfide) groups is 1. The molecule has 0 aromatic carbocycles. The van der Waals surface area contributed by atoms with E-state index in [4.69, 9.17) is 0 Å². The van der Waals surface area contributed by atoms with Crippen molar-refractivity contribution in [3.05, 3.63) is 46.0 Å². The van der Waals surface area contributed by atoms with Crippen LogP contribution in [0.5, 0.6) is 0 Å². The lowest BCUT2D eigenvalue weighted by Gasteiger charge is -2.26. The third kappa shape index (κ3) is 3.76. The Kier molecular flexibility index (Phi) is 4.69. The van der Waals surface area contributed by atoms with Gasteiger partial charge in [0.05, 0.1) is 11.6 Å². The molecule has 2 aromatic heterocycles. The first-order valence-electron chi connectivity index (χ1n) is 8.23. The van der Waals surface area contributed by atoms with Crippen molar-refractivity contribution in [3.8, 4) is 0 Å². The van der Waals surface area contributed by atoms with E-state index in [0.717, 1.165) is 11.3 Å². The Hall–Kier alpha value is -2.15. The van der Waals surface area contributed by atoms with Crippen LogP contribution in [-0.2, 0) is 16.8 Å². The third-order valence-corrected chi connectivity index (χ3v) is 5.32. The van der Waals surface area contributed by atoms with Crippen LogP contribution in [0.3, 0.4) is 0 Å². The molecule has 0 saturated carbocycles. The standard InChI is InChI=1S/C18H22N4O2S/c1-11-6-5-7-19-15(11)21-16(24)12-9-22-14(23)8-13(18(2,3)4)20-17(22)25-10-12/h5-8,12H,9-10H2,1-4H3,(H,19,21,24). The minimum Gasteiger partial charge on any atom is -0.310 e. The molecule has 132 valence electrons. The number of carbonyl (C=O) groups is 1. The predicted octanol–water partition coefficient (Wildman–Crippen LogP) is 2.60. The van der Waals surface area contributed by atoms with Crippen LogP contribution in [0.25, 0.3) is 0 Å². The highest BCUT2D eigenvalue weighted by molar-refractivity contribution is 7.99. The zero-order valence-corrected chi connectivity index (χ0v) is 15.7. The maximum Gasteiger partial charge on any atom is 0.254 e. The second-order valence-corrected chi connectivity index (χ2v) is 8.28. The summed E-state index contributed by atoms with van der Waals surface area (Å²) in [6, 6.07) is 5.30. The van der Waals surface area contributed by atoms with E-state index in [1.807, 2.05) is 39.8 Å². The number of anilines is 1. The van der Waals surface area contributed by atoms with Crippen molar-refractivity contribution >= 4 is 23.5 Å². The summed E-state index contributed by atoms with van der Waals surface area (Å²) in [5, 5.41) is 3.56. The van der Waals surface area contributed by atoms with Gasteiger partial charge in [-0.1, -0.05) is 38.6 Å². The maximum atomic E-state index is 12.6. The maximum absolute atomic E-state index is 12.6. The van der Waals surface area contributed by atoms with Gasteiger partial charge >= 0.3 is 0 Å². The predicted molar refractivity (Wildman–Crippen MR) is 99.0 cm³/mol. The number of hydrogen-bond donors (Lipinski definition) is 1. The number of pyridine rings is 1. The summed E-state index contributed by atoms with van der Waals surface area (Å²) in [6.07, 6.45) is 1.65. The fourth-order valence-electron chi connectivity index (χ4n) is 2.59. The van der Waals surface area contributed by atoms with Gasteiger partial charge in [-0.05, 0) is 18.6 Å². The van der Waals surface area contributed by atoms with Crippen LogP contribution in [0.1, 0.15) is 32.0 Å². The molecule has 1 amide bonds. The molecule has 6 nitrogen and oxygen atoms in total. The van der Waals surface area contributed by atoms with E-state index in [-0.39, 0.29) is 22.8 Å². The fraction of sp³-hybridized carbons (Fsp3) is 0.444. The van der Waals surface area contributed by atoms with E-state index in [9.17, 15) is 9.59 Å². The first-order valence-corrected chi connectivity index (χ1v) is 9.22.